The lowest BCUT2D eigenvalue weighted by Crippen LogP contribution is -2.34. The number of benzene rings is 2. The van der Waals surface area contributed by atoms with E-state index in [4.69, 9.17) is 5.10 Å². The summed E-state index contributed by atoms with van der Waals surface area (Å²) >= 11 is 0. The molecule has 4 aromatic rings. The number of aromatic nitrogens is 3. The van der Waals surface area contributed by atoms with Crippen LogP contribution in [0.3, 0.4) is 0 Å². The first-order chi connectivity index (χ1) is 15.2. The van der Waals surface area contributed by atoms with Crippen LogP contribution >= 0.6 is 0 Å². The second-order valence-electron chi connectivity index (χ2n) is 7.93. The highest BCUT2D eigenvalue weighted by Gasteiger charge is 2.19. The van der Waals surface area contributed by atoms with E-state index in [0.717, 1.165) is 48.3 Å². The maximum absolute atomic E-state index is 13.1. The molecule has 0 unspecified atom stereocenters. The van der Waals surface area contributed by atoms with E-state index in [0.29, 0.717) is 5.56 Å². The SMILES string of the molecule is CCCc1c(C(=O)N[C@H](C)CCc2ccccc2)cnc2cc(-c3ccccc3)nn12. The molecule has 0 bridgehead atoms. The van der Waals surface area contributed by atoms with Gasteiger partial charge in [0, 0.05) is 23.9 Å². The van der Waals surface area contributed by atoms with Crippen molar-refractivity contribution < 1.29 is 4.79 Å². The van der Waals surface area contributed by atoms with Crippen molar-refractivity contribution in [2.45, 2.75) is 45.6 Å². The molecule has 4 rings (SSSR count). The van der Waals surface area contributed by atoms with Gasteiger partial charge < -0.3 is 5.32 Å². The van der Waals surface area contributed by atoms with Crippen molar-refractivity contribution in [3.05, 3.63) is 89.7 Å². The number of hydrogen-bond acceptors (Lipinski definition) is 3. The highest BCUT2D eigenvalue weighted by atomic mass is 16.1. The zero-order valence-electron chi connectivity index (χ0n) is 18.1. The smallest absolute Gasteiger partial charge is 0.254 e. The number of nitrogens with one attached hydrogen (secondary N) is 1. The van der Waals surface area contributed by atoms with Crippen LogP contribution in [0.15, 0.2) is 72.9 Å². The van der Waals surface area contributed by atoms with Gasteiger partial charge in [-0.2, -0.15) is 5.10 Å². The molecule has 0 aliphatic heterocycles. The molecule has 1 N–H and O–H groups in total. The van der Waals surface area contributed by atoms with Crippen molar-refractivity contribution in [3.8, 4) is 11.3 Å². The Kier molecular flexibility index (Phi) is 6.41. The maximum atomic E-state index is 13.1. The van der Waals surface area contributed by atoms with Gasteiger partial charge in [0.05, 0.1) is 17.0 Å². The van der Waals surface area contributed by atoms with Gasteiger partial charge in [-0.1, -0.05) is 74.0 Å². The predicted octanol–water partition coefficient (Wildman–Crippen LogP) is 5.10. The predicted molar refractivity (Wildman–Crippen MR) is 124 cm³/mol. The summed E-state index contributed by atoms with van der Waals surface area (Å²) in [5.41, 5.74) is 5.45. The zero-order valence-corrected chi connectivity index (χ0v) is 18.1. The second-order valence-corrected chi connectivity index (χ2v) is 7.93. The van der Waals surface area contributed by atoms with Crippen molar-refractivity contribution >= 4 is 11.6 Å². The quantitative estimate of drug-likeness (QED) is 0.438. The Morgan fingerprint density at radius 1 is 1.03 bits per heavy atom. The molecule has 0 saturated heterocycles. The minimum atomic E-state index is -0.0878. The zero-order chi connectivity index (χ0) is 21.6. The van der Waals surface area contributed by atoms with Crippen LogP contribution in [-0.4, -0.2) is 26.5 Å². The van der Waals surface area contributed by atoms with E-state index in [1.807, 2.05) is 66.0 Å². The average molecular weight is 413 g/mol. The third-order valence-electron chi connectivity index (χ3n) is 5.47. The molecule has 0 aliphatic rings. The van der Waals surface area contributed by atoms with Crippen molar-refractivity contribution in [1.29, 1.82) is 0 Å². The Morgan fingerprint density at radius 3 is 2.45 bits per heavy atom. The van der Waals surface area contributed by atoms with Crippen molar-refractivity contribution in [1.82, 2.24) is 19.9 Å². The topological polar surface area (TPSA) is 59.3 Å². The fourth-order valence-corrected chi connectivity index (χ4v) is 3.80. The number of fused-ring (bicyclic) bond motifs is 1. The molecule has 0 saturated carbocycles. The Hall–Kier alpha value is -3.47. The lowest BCUT2D eigenvalue weighted by atomic mass is 10.1. The minimum Gasteiger partial charge on any atom is -0.349 e. The van der Waals surface area contributed by atoms with Gasteiger partial charge in [-0.25, -0.2) is 9.50 Å². The number of carbonyl (C=O) groups excluding carboxylic acids is 1. The summed E-state index contributed by atoms with van der Waals surface area (Å²) in [6.07, 6.45) is 5.19. The molecular formula is C26H28N4O. The van der Waals surface area contributed by atoms with Crippen LogP contribution in [-0.2, 0) is 12.8 Å². The van der Waals surface area contributed by atoms with E-state index in [9.17, 15) is 4.79 Å². The maximum Gasteiger partial charge on any atom is 0.254 e. The molecule has 158 valence electrons. The Morgan fingerprint density at radius 2 is 1.74 bits per heavy atom. The third kappa shape index (κ3) is 4.82. The van der Waals surface area contributed by atoms with Crippen LogP contribution < -0.4 is 5.32 Å². The molecule has 5 heteroatoms. The lowest BCUT2D eigenvalue weighted by molar-refractivity contribution is 0.0936. The van der Waals surface area contributed by atoms with Crippen molar-refractivity contribution in [2.24, 2.45) is 0 Å². The summed E-state index contributed by atoms with van der Waals surface area (Å²) in [7, 11) is 0. The average Bonchev–Trinajstić information content (AvgIpc) is 3.24. The molecule has 1 amide bonds. The number of amides is 1. The number of aryl methyl sites for hydroxylation is 2. The summed E-state index contributed by atoms with van der Waals surface area (Å²) in [6.45, 7) is 4.16. The van der Waals surface area contributed by atoms with E-state index in [1.54, 1.807) is 6.20 Å². The minimum absolute atomic E-state index is 0.0652. The first-order valence-electron chi connectivity index (χ1n) is 10.9. The Labute approximate surface area is 183 Å². The second kappa shape index (κ2) is 9.56. The molecule has 31 heavy (non-hydrogen) atoms. The molecule has 0 fully saturated rings. The van der Waals surface area contributed by atoms with Crippen LogP contribution in [0, 0.1) is 0 Å². The van der Waals surface area contributed by atoms with E-state index >= 15 is 0 Å². The number of hydrogen-bond donors (Lipinski definition) is 1. The Bertz CT molecular complexity index is 1150. The highest BCUT2D eigenvalue weighted by Crippen LogP contribution is 2.21. The van der Waals surface area contributed by atoms with Gasteiger partial charge in [-0.05, 0) is 31.7 Å². The normalized spacial score (nSPS) is 12.1. The van der Waals surface area contributed by atoms with Gasteiger partial charge >= 0.3 is 0 Å². The number of carbonyl (C=O) groups is 1. The summed E-state index contributed by atoms with van der Waals surface area (Å²) < 4.78 is 1.83. The summed E-state index contributed by atoms with van der Waals surface area (Å²) in [4.78, 5) is 17.6. The molecule has 5 nitrogen and oxygen atoms in total. The van der Waals surface area contributed by atoms with E-state index in [2.05, 4.69) is 29.4 Å². The van der Waals surface area contributed by atoms with Crippen LogP contribution in [0.4, 0.5) is 0 Å². The molecule has 0 aliphatic carbocycles. The van der Waals surface area contributed by atoms with E-state index < -0.39 is 0 Å². The molecule has 0 radical (unpaired) electrons. The fourth-order valence-electron chi connectivity index (χ4n) is 3.80. The van der Waals surface area contributed by atoms with Gasteiger partial charge in [-0.15, -0.1) is 0 Å². The van der Waals surface area contributed by atoms with Gasteiger partial charge in [0.25, 0.3) is 5.91 Å². The Balaban J connectivity index is 1.55. The first-order valence-corrected chi connectivity index (χ1v) is 10.9. The molecular weight excluding hydrogens is 384 g/mol. The molecule has 0 spiro atoms. The highest BCUT2D eigenvalue weighted by molar-refractivity contribution is 5.95. The standard InChI is InChI=1S/C26H28N4O/c1-3-10-24-22(26(31)28-19(2)15-16-20-11-6-4-7-12-20)18-27-25-17-23(29-30(24)25)21-13-8-5-9-14-21/h4-9,11-14,17-19H,3,10,15-16H2,1-2H3,(H,28,31)/t19-/m1/s1. The summed E-state index contributed by atoms with van der Waals surface area (Å²) in [5, 5.41) is 7.92. The van der Waals surface area contributed by atoms with Crippen LogP contribution in [0.2, 0.25) is 0 Å². The van der Waals surface area contributed by atoms with Gasteiger partial charge in [0.2, 0.25) is 0 Å². The van der Waals surface area contributed by atoms with Crippen molar-refractivity contribution in [3.63, 3.8) is 0 Å². The van der Waals surface area contributed by atoms with Gasteiger partial charge in [0.1, 0.15) is 0 Å². The molecule has 1 atom stereocenters. The van der Waals surface area contributed by atoms with Crippen LogP contribution in [0.5, 0.6) is 0 Å². The summed E-state index contributed by atoms with van der Waals surface area (Å²) in [5.74, 6) is -0.0878. The van der Waals surface area contributed by atoms with Gasteiger partial charge in [-0.3, -0.25) is 4.79 Å². The molecule has 2 heterocycles. The first kappa shape index (κ1) is 20.8. The van der Waals surface area contributed by atoms with E-state index in [1.165, 1.54) is 5.56 Å². The largest absolute Gasteiger partial charge is 0.349 e. The third-order valence-corrected chi connectivity index (χ3v) is 5.47. The fraction of sp³-hybridized carbons (Fsp3) is 0.269. The van der Waals surface area contributed by atoms with Crippen LogP contribution in [0.1, 0.15) is 48.3 Å². The van der Waals surface area contributed by atoms with Crippen molar-refractivity contribution in [2.75, 3.05) is 0 Å². The van der Waals surface area contributed by atoms with Gasteiger partial charge in [0.15, 0.2) is 5.65 Å². The molecule has 2 aromatic carbocycles. The number of rotatable bonds is 8. The van der Waals surface area contributed by atoms with Crippen LogP contribution in [0.25, 0.3) is 16.9 Å². The molecule has 2 aromatic heterocycles. The monoisotopic (exact) mass is 412 g/mol. The number of nitrogens with zero attached hydrogens (tertiary/aromatic N) is 3. The lowest BCUT2D eigenvalue weighted by Gasteiger charge is -2.16. The summed E-state index contributed by atoms with van der Waals surface area (Å²) in [6, 6.07) is 22.4. The van der Waals surface area contributed by atoms with E-state index in [-0.39, 0.29) is 11.9 Å².